The highest BCUT2D eigenvalue weighted by atomic mass is 16.3. The Morgan fingerprint density at radius 2 is 1.73 bits per heavy atom. The van der Waals surface area contributed by atoms with Gasteiger partial charge in [0, 0.05) is 0 Å². The van der Waals surface area contributed by atoms with E-state index in [2.05, 4.69) is 41.0 Å². The standard InChI is InChI=1S/C17H14N4O/c1-11-5-3-6-12(2)15(11)21-17(18-9-20-21)13-7-4-8-14-16(13)22-10-19-14/h3-10H,1-2H3. The van der Waals surface area contributed by atoms with Crippen LogP contribution >= 0.6 is 0 Å². The zero-order valence-corrected chi connectivity index (χ0v) is 12.3. The molecule has 4 rings (SSSR count). The Labute approximate surface area is 127 Å². The molecule has 0 amide bonds. The third-order valence-electron chi connectivity index (χ3n) is 3.80. The third kappa shape index (κ3) is 1.83. The van der Waals surface area contributed by atoms with Crippen molar-refractivity contribution in [2.45, 2.75) is 13.8 Å². The summed E-state index contributed by atoms with van der Waals surface area (Å²) >= 11 is 0. The van der Waals surface area contributed by atoms with Crippen LogP contribution in [0.5, 0.6) is 0 Å². The van der Waals surface area contributed by atoms with Crippen molar-refractivity contribution in [2.24, 2.45) is 0 Å². The van der Waals surface area contributed by atoms with Gasteiger partial charge in [0.05, 0.1) is 11.3 Å². The highest BCUT2D eigenvalue weighted by Gasteiger charge is 2.16. The summed E-state index contributed by atoms with van der Waals surface area (Å²) in [4.78, 5) is 8.64. The Kier molecular flexibility index (Phi) is 2.79. The summed E-state index contributed by atoms with van der Waals surface area (Å²) in [6.45, 7) is 4.14. The number of aromatic nitrogens is 4. The van der Waals surface area contributed by atoms with Crippen molar-refractivity contribution in [3.05, 3.63) is 60.2 Å². The molecule has 2 heterocycles. The largest absolute Gasteiger partial charge is 0.443 e. The zero-order valence-electron chi connectivity index (χ0n) is 12.3. The second-order valence-electron chi connectivity index (χ2n) is 5.24. The van der Waals surface area contributed by atoms with Crippen molar-refractivity contribution in [3.8, 4) is 17.1 Å². The molecule has 0 fully saturated rings. The van der Waals surface area contributed by atoms with Gasteiger partial charge in [-0.15, -0.1) is 0 Å². The molecule has 108 valence electrons. The lowest BCUT2D eigenvalue weighted by atomic mass is 10.1. The zero-order chi connectivity index (χ0) is 15.1. The molecule has 2 aromatic heterocycles. The monoisotopic (exact) mass is 290 g/mol. The number of benzene rings is 2. The molecule has 0 unspecified atom stereocenters. The Morgan fingerprint density at radius 3 is 2.55 bits per heavy atom. The minimum absolute atomic E-state index is 0.725. The lowest BCUT2D eigenvalue weighted by Crippen LogP contribution is -2.04. The topological polar surface area (TPSA) is 56.7 Å². The second-order valence-corrected chi connectivity index (χ2v) is 5.24. The Hall–Kier alpha value is -2.95. The van der Waals surface area contributed by atoms with Crippen LogP contribution < -0.4 is 0 Å². The summed E-state index contributed by atoms with van der Waals surface area (Å²) < 4.78 is 7.40. The smallest absolute Gasteiger partial charge is 0.182 e. The van der Waals surface area contributed by atoms with Gasteiger partial charge in [0.25, 0.3) is 0 Å². The maximum atomic E-state index is 5.53. The summed E-state index contributed by atoms with van der Waals surface area (Å²) in [5.41, 5.74) is 5.77. The average molecular weight is 290 g/mol. The minimum Gasteiger partial charge on any atom is -0.443 e. The van der Waals surface area contributed by atoms with Crippen LogP contribution in [0, 0.1) is 13.8 Å². The number of fused-ring (bicyclic) bond motifs is 1. The van der Waals surface area contributed by atoms with Gasteiger partial charge >= 0.3 is 0 Å². The van der Waals surface area contributed by atoms with Crippen molar-refractivity contribution in [1.29, 1.82) is 0 Å². The molecule has 0 saturated heterocycles. The number of hydrogen-bond acceptors (Lipinski definition) is 4. The van der Waals surface area contributed by atoms with Crippen LogP contribution in [0.25, 0.3) is 28.2 Å². The Bertz CT molecular complexity index is 947. The molecule has 0 N–H and O–H groups in total. The van der Waals surface area contributed by atoms with Crippen molar-refractivity contribution in [2.75, 3.05) is 0 Å². The van der Waals surface area contributed by atoms with E-state index in [1.165, 1.54) is 6.39 Å². The van der Waals surface area contributed by atoms with Gasteiger partial charge in [-0.1, -0.05) is 24.3 Å². The SMILES string of the molecule is Cc1cccc(C)c1-n1ncnc1-c1cccc2ncoc12. The third-order valence-corrected chi connectivity index (χ3v) is 3.80. The lowest BCUT2D eigenvalue weighted by Gasteiger charge is -2.12. The molecule has 4 aromatic rings. The normalized spacial score (nSPS) is 11.2. The summed E-state index contributed by atoms with van der Waals surface area (Å²) in [5.74, 6) is 0.750. The molecule has 0 aliphatic carbocycles. The van der Waals surface area contributed by atoms with Crippen LogP contribution in [-0.2, 0) is 0 Å². The van der Waals surface area contributed by atoms with E-state index in [0.29, 0.717) is 0 Å². The second kappa shape index (κ2) is 4.80. The number of para-hydroxylation sites is 2. The summed E-state index contributed by atoms with van der Waals surface area (Å²) in [5, 5.41) is 4.42. The van der Waals surface area contributed by atoms with Crippen LogP contribution in [-0.4, -0.2) is 19.7 Å². The van der Waals surface area contributed by atoms with E-state index < -0.39 is 0 Å². The Balaban J connectivity index is 2.00. The summed E-state index contributed by atoms with van der Waals surface area (Å²) in [6.07, 6.45) is 3.02. The van der Waals surface area contributed by atoms with Crippen molar-refractivity contribution in [3.63, 3.8) is 0 Å². The number of oxazole rings is 1. The van der Waals surface area contributed by atoms with E-state index in [0.717, 1.165) is 39.3 Å². The van der Waals surface area contributed by atoms with Crippen LogP contribution in [0.4, 0.5) is 0 Å². The van der Waals surface area contributed by atoms with Crippen LogP contribution in [0.2, 0.25) is 0 Å². The van der Waals surface area contributed by atoms with Gasteiger partial charge in [-0.2, -0.15) is 5.10 Å². The molecule has 5 heteroatoms. The van der Waals surface area contributed by atoms with Crippen molar-refractivity contribution in [1.82, 2.24) is 19.7 Å². The van der Waals surface area contributed by atoms with E-state index in [9.17, 15) is 0 Å². The van der Waals surface area contributed by atoms with Gasteiger partial charge in [-0.3, -0.25) is 0 Å². The van der Waals surface area contributed by atoms with Crippen molar-refractivity contribution < 1.29 is 4.42 Å². The Morgan fingerprint density at radius 1 is 0.955 bits per heavy atom. The van der Waals surface area contributed by atoms with Gasteiger partial charge < -0.3 is 4.42 Å². The van der Waals surface area contributed by atoms with Crippen LogP contribution in [0.15, 0.2) is 53.5 Å². The quantitative estimate of drug-likeness (QED) is 0.565. The van der Waals surface area contributed by atoms with Crippen LogP contribution in [0.1, 0.15) is 11.1 Å². The molecule has 0 aliphatic heterocycles. The minimum atomic E-state index is 0.725. The fourth-order valence-electron chi connectivity index (χ4n) is 2.79. The molecule has 0 saturated carbocycles. The maximum absolute atomic E-state index is 5.53. The first-order valence-electron chi connectivity index (χ1n) is 7.05. The first-order valence-corrected chi connectivity index (χ1v) is 7.05. The number of nitrogens with zero attached hydrogens (tertiary/aromatic N) is 4. The van der Waals surface area contributed by atoms with Gasteiger partial charge in [-0.25, -0.2) is 14.6 Å². The molecule has 0 atom stereocenters. The molecule has 0 radical (unpaired) electrons. The average Bonchev–Trinajstić information content (AvgIpc) is 3.15. The summed E-state index contributed by atoms with van der Waals surface area (Å²) in [6, 6.07) is 12.0. The highest BCUT2D eigenvalue weighted by Crippen LogP contribution is 2.29. The molecular weight excluding hydrogens is 276 g/mol. The molecule has 22 heavy (non-hydrogen) atoms. The van der Waals surface area contributed by atoms with Crippen LogP contribution in [0.3, 0.4) is 0 Å². The number of aryl methyl sites for hydroxylation is 2. The van der Waals surface area contributed by atoms with Gasteiger partial charge in [-0.05, 0) is 37.1 Å². The predicted molar refractivity (Wildman–Crippen MR) is 83.8 cm³/mol. The molecule has 0 bridgehead atoms. The maximum Gasteiger partial charge on any atom is 0.182 e. The van der Waals surface area contributed by atoms with Gasteiger partial charge in [0.15, 0.2) is 17.8 Å². The number of rotatable bonds is 2. The first kappa shape index (κ1) is 12.8. The highest BCUT2D eigenvalue weighted by molar-refractivity contribution is 5.88. The molecular formula is C17H14N4O. The summed E-state index contributed by atoms with van der Waals surface area (Å²) in [7, 11) is 0. The van der Waals surface area contributed by atoms with E-state index in [4.69, 9.17) is 4.42 Å². The van der Waals surface area contributed by atoms with E-state index >= 15 is 0 Å². The van der Waals surface area contributed by atoms with E-state index in [-0.39, 0.29) is 0 Å². The van der Waals surface area contributed by atoms with Gasteiger partial charge in [0.2, 0.25) is 0 Å². The number of hydrogen-bond donors (Lipinski definition) is 0. The molecule has 5 nitrogen and oxygen atoms in total. The van der Waals surface area contributed by atoms with Gasteiger partial charge in [0.1, 0.15) is 11.8 Å². The fourth-order valence-corrected chi connectivity index (χ4v) is 2.79. The molecule has 0 aliphatic rings. The van der Waals surface area contributed by atoms with E-state index in [1.807, 2.05) is 28.9 Å². The van der Waals surface area contributed by atoms with Crippen molar-refractivity contribution >= 4 is 11.1 Å². The first-order chi connectivity index (χ1) is 10.8. The predicted octanol–water partition coefficient (Wildman–Crippen LogP) is 3.69. The molecule has 0 spiro atoms. The lowest BCUT2D eigenvalue weighted by molar-refractivity contribution is 0.602. The molecule has 2 aromatic carbocycles. The van der Waals surface area contributed by atoms with E-state index in [1.54, 1.807) is 6.33 Å². The fraction of sp³-hybridized carbons (Fsp3) is 0.118.